The number of amides is 1. The third kappa shape index (κ3) is 4.66. The van der Waals surface area contributed by atoms with Gasteiger partial charge in [-0.3, -0.25) is 9.59 Å². The highest BCUT2D eigenvalue weighted by Crippen LogP contribution is 2.29. The normalized spacial score (nSPS) is 15.1. The Bertz CT molecular complexity index is 746. The molecular weight excluding hydrogens is 338 g/mol. The van der Waals surface area contributed by atoms with Gasteiger partial charge in [0.15, 0.2) is 0 Å². The molecule has 0 radical (unpaired) electrons. The number of aliphatic carboxylic acids is 1. The zero-order valence-electron chi connectivity index (χ0n) is 14.7. The molecule has 26 heavy (non-hydrogen) atoms. The van der Waals surface area contributed by atoms with Gasteiger partial charge in [0.2, 0.25) is 0 Å². The Morgan fingerprint density at radius 3 is 2.54 bits per heavy atom. The van der Waals surface area contributed by atoms with Crippen molar-refractivity contribution in [1.82, 2.24) is 4.90 Å². The number of methoxy groups -OCH3 is 2. The lowest BCUT2D eigenvalue weighted by Crippen LogP contribution is -2.33. The van der Waals surface area contributed by atoms with Gasteiger partial charge in [0.25, 0.3) is 5.91 Å². The van der Waals surface area contributed by atoms with Crippen LogP contribution in [0.5, 0.6) is 11.5 Å². The monoisotopic (exact) mass is 359 g/mol. The van der Waals surface area contributed by atoms with Gasteiger partial charge >= 0.3 is 5.97 Å². The number of nitriles is 1. The molecule has 1 saturated heterocycles. The summed E-state index contributed by atoms with van der Waals surface area (Å²) in [5.41, 5.74) is 0.325. The second kappa shape index (κ2) is 8.76. The van der Waals surface area contributed by atoms with Crippen LogP contribution in [0.15, 0.2) is 30.0 Å². The van der Waals surface area contributed by atoms with Gasteiger partial charge in [-0.15, -0.1) is 0 Å². The lowest BCUT2D eigenvalue weighted by atomic mass is 9.97. The topological polar surface area (TPSA) is 112 Å². The Labute approximate surface area is 151 Å². The van der Waals surface area contributed by atoms with Gasteiger partial charge in [0.05, 0.1) is 25.8 Å². The van der Waals surface area contributed by atoms with Crippen LogP contribution in [0.25, 0.3) is 0 Å². The van der Waals surface area contributed by atoms with Crippen LogP contribution in [0.3, 0.4) is 0 Å². The Morgan fingerprint density at radius 2 is 2.00 bits per heavy atom. The summed E-state index contributed by atoms with van der Waals surface area (Å²) in [4.78, 5) is 25.2. The summed E-state index contributed by atoms with van der Waals surface area (Å²) in [5.74, 6) is -0.769. The van der Waals surface area contributed by atoms with Gasteiger partial charge in [0.1, 0.15) is 23.1 Å². The number of piperidine rings is 1. The number of carbonyl (C=O) groups excluding carboxylic acids is 1. The predicted octanol–water partition coefficient (Wildman–Crippen LogP) is 1.85. The fourth-order valence-electron chi connectivity index (χ4n) is 2.70. The van der Waals surface area contributed by atoms with Crippen LogP contribution in [0, 0.1) is 17.2 Å². The minimum atomic E-state index is -0.808. The van der Waals surface area contributed by atoms with Crippen molar-refractivity contribution in [3.05, 3.63) is 30.0 Å². The molecular formula is C18H21N3O5. The van der Waals surface area contributed by atoms with Crippen LogP contribution < -0.4 is 14.8 Å². The van der Waals surface area contributed by atoms with Crippen molar-refractivity contribution in [1.29, 1.82) is 5.26 Å². The molecule has 1 aromatic rings. The van der Waals surface area contributed by atoms with Gasteiger partial charge in [-0.25, -0.2) is 0 Å². The number of rotatable bonds is 6. The maximum atomic E-state index is 12.4. The number of carboxylic acids is 1. The first-order valence-corrected chi connectivity index (χ1v) is 8.10. The molecule has 1 aromatic carbocycles. The number of anilines is 1. The number of carboxylic acid groups (broad SMARTS) is 1. The van der Waals surface area contributed by atoms with E-state index in [0.717, 1.165) is 0 Å². The van der Waals surface area contributed by atoms with E-state index in [1.54, 1.807) is 23.1 Å². The van der Waals surface area contributed by atoms with Gasteiger partial charge in [-0.05, 0) is 25.0 Å². The van der Waals surface area contributed by atoms with E-state index in [2.05, 4.69) is 5.32 Å². The van der Waals surface area contributed by atoms with Crippen molar-refractivity contribution >= 4 is 17.6 Å². The minimum Gasteiger partial charge on any atom is -0.497 e. The van der Waals surface area contributed by atoms with E-state index in [1.807, 2.05) is 6.07 Å². The fourth-order valence-corrected chi connectivity index (χ4v) is 2.70. The number of nitrogens with zero attached hydrogens (tertiary/aromatic N) is 2. The van der Waals surface area contributed by atoms with E-state index in [-0.39, 0.29) is 11.5 Å². The smallest absolute Gasteiger partial charge is 0.306 e. The maximum absolute atomic E-state index is 12.4. The van der Waals surface area contributed by atoms with Crippen molar-refractivity contribution in [3.8, 4) is 17.6 Å². The molecule has 0 atom stereocenters. The third-order valence-electron chi connectivity index (χ3n) is 4.21. The predicted molar refractivity (Wildman–Crippen MR) is 93.8 cm³/mol. The van der Waals surface area contributed by atoms with Crippen LogP contribution in [-0.2, 0) is 9.59 Å². The largest absolute Gasteiger partial charge is 0.497 e. The summed E-state index contributed by atoms with van der Waals surface area (Å²) in [6, 6.07) is 6.84. The van der Waals surface area contributed by atoms with E-state index in [1.165, 1.54) is 20.4 Å². The maximum Gasteiger partial charge on any atom is 0.306 e. The SMILES string of the molecule is COc1ccc(OC)c(NC(=O)/C(C#N)=C\N2CCC(C(=O)O)CC2)c1. The number of ether oxygens (including phenoxy) is 2. The molecule has 0 aliphatic carbocycles. The molecule has 2 rings (SSSR count). The molecule has 0 saturated carbocycles. The summed E-state index contributed by atoms with van der Waals surface area (Å²) in [5, 5.41) is 21.0. The Morgan fingerprint density at radius 1 is 1.31 bits per heavy atom. The number of hydrogen-bond acceptors (Lipinski definition) is 6. The first kappa shape index (κ1) is 19.1. The second-order valence-electron chi connectivity index (χ2n) is 5.82. The van der Waals surface area contributed by atoms with Crippen molar-refractivity contribution in [2.75, 3.05) is 32.6 Å². The number of nitrogens with one attached hydrogen (secondary N) is 1. The van der Waals surface area contributed by atoms with Gasteiger partial charge < -0.3 is 24.8 Å². The third-order valence-corrected chi connectivity index (χ3v) is 4.21. The molecule has 8 nitrogen and oxygen atoms in total. The number of benzene rings is 1. The lowest BCUT2D eigenvalue weighted by molar-refractivity contribution is -0.143. The molecule has 0 aromatic heterocycles. The van der Waals surface area contributed by atoms with E-state index in [0.29, 0.717) is 43.1 Å². The highest BCUT2D eigenvalue weighted by molar-refractivity contribution is 6.07. The van der Waals surface area contributed by atoms with Crippen LogP contribution in [0.4, 0.5) is 5.69 Å². The molecule has 1 fully saturated rings. The summed E-state index contributed by atoms with van der Waals surface area (Å²) in [6.45, 7) is 0.968. The second-order valence-corrected chi connectivity index (χ2v) is 5.82. The summed E-state index contributed by atoms with van der Waals surface area (Å²) in [6.07, 6.45) is 2.44. The van der Waals surface area contributed by atoms with Crippen molar-refractivity contribution in [3.63, 3.8) is 0 Å². The quantitative estimate of drug-likeness (QED) is 0.589. The fraction of sp³-hybridized carbons (Fsp3) is 0.389. The van der Waals surface area contributed by atoms with E-state index < -0.39 is 11.9 Å². The van der Waals surface area contributed by atoms with Crippen molar-refractivity contribution < 1.29 is 24.2 Å². The van der Waals surface area contributed by atoms with Crippen LogP contribution >= 0.6 is 0 Å². The van der Waals surface area contributed by atoms with Gasteiger partial charge in [-0.2, -0.15) is 5.26 Å². The Hall–Kier alpha value is -3.21. The summed E-state index contributed by atoms with van der Waals surface area (Å²) in [7, 11) is 2.99. The van der Waals surface area contributed by atoms with Gasteiger partial charge in [0, 0.05) is 25.4 Å². The molecule has 1 aliphatic rings. The Kier molecular flexibility index (Phi) is 6.44. The first-order chi connectivity index (χ1) is 12.5. The molecule has 0 bridgehead atoms. The van der Waals surface area contributed by atoms with E-state index >= 15 is 0 Å². The molecule has 0 unspecified atom stereocenters. The van der Waals surface area contributed by atoms with Crippen LogP contribution in [0.2, 0.25) is 0 Å². The molecule has 2 N–H and O–H groups in total. The zero-order valence-corrected chi connectivity index (χ0v) is 14.7. The summed E-state index contributed by atoms with van der Waals surface area (Å²) >= 11 is 0. The van der Waals surface area contributed by atoms with E-state index in [9.17, 15) is 14.9 Å². The minimum absolute atomic E-state index is 0.0661. The standard InChI is InChI=1S/C18H21N3O5/c1-25-14-3-4-16(26-2)15(9-14)20-17(22)13(10-19)11-21-7-5-12(6-8-21)18(23)24/h3-4,9,11-12H,5-8H2,1-2H3,(H,20,22)(H,23,24)/b13-11-. The van der Waals surface area contributed by atoms with Crippen molar-refractivity contribution in [2.24, 2.45) is 5.92 Å². The molecule has 1 heterocycles. The molecule has 1 aliphatic heterocycles. The number of likely N-dealkylation sites (tertiary alicyclic amines) is 1. The lowest BCUT2D eigenvalue weighted by Gasteiger charge is -2.29. The number of carbonyl (C=O) groups is 2. The summed E-state index contributed by atoms with van der Waals surface area (Å²) < 4.78 is 10.3. The zero-order chi connectivity index (χ0) is 19.1. The van der Waals surface area contributed by atoms with Crippen LogP contribution in [0.1, 0.15) is 12.8 Å². The Balaban J connectivity index is 2.10. The average molecular weight is 359 g/mol. The highest BCUT2D eigenvalue weighted by atomic mass is 16.5. The van der Waals surface area contributed by atoms with Crippen molar-refractivity contribution in [2.45, 2.75) is 12.8 Å². The molecule has 8 heteroatoms. The van der Waals surface area contributed by atoms with Crippen LogP contribution in [-0.4, -0.2) is 49.2 Å². The first-order valence-electron chi connectivity index (χ1n) is 8.10. The van der Waals surface area contributed by atoms with Gasteiger partial charge in [-0.1, -0.05) is 0 Å². The number of hydrogen-bond donors (Lipinski definition) is 2. The molecule has 1 amide bonds. The van der Waals surface area contributed by atoms with E-state index in [4.69, 9.17) is 14.6 Å². The molecule has 0 spiro atoms. The molecule has 138 valence electrons. The average Bonchev–Trinajstić information content (AvgIpc) is 2.66. The highest BCUT2D eigenvalue weighted by Gasteiger charge is 2.24.